The van der Waals surface area contributed by atoms with Gasteiger partial charge in [-0.05, 0) is 12.8 Å². The van der Waals surface area contributed by atoms with E-state index in [1.807, 2.05) is 0 Å². The van der Waals surface area contributed by atoms with Crippen LogP contribution in [0.5, 0.6) is 0 Å². The molecular weight excluding hydrogens is 300 g/mol. The Hall–Kier alpha value is -0.980. The summed E-state index contributed by atoms with van der Waals surface area (Å²) in [5, 5.41) is 0.691. The maximum atomic E-state index is 12.1. The SMILES string of the molecule is CCS(=O)(=O)C=CCS(=O)(=O)C(=[N+]=[N-])C1CCCCC1. The highest BCUT2D eigenvalue weighted by Crippen LogP contribution is 2.26. The number of hydrogen-bond donors (Lipinski definition) is 0. The van der Waals surface area contributed by atoms with Gasteiger partial charge in [0, 0.05) is 5.41 Å². The van der Waals surface area contributed by atoms with E-state index in [0.29, 0.717) is 12.8 Å². The summed E-state index contributed by atoms with van der Waals surface area (Å²) in [6.07, 6.45) is 5.37. The molecule has 8 heteroatoms. The van der Waals surface area contributed by atoms with Crippen LogP contribution in [0.15, 0.2) is 11.5 Å². The zero-order valence-corrected chi connectivity index (χ0v) is 13.2. The minimum absolute atomic E-state index is 0.0763. The highest BCUT2D eigenvalue weighted by molar-refractivity contribution is 8.06. The summed E-state index contributed by atoms with van der Waals surface area (Å²) in [4.78, 5) is 2.96. The maximum Gasteiger partial charge on any atom is 0.384 e. The Labute approximate surface area is 120 Å². The zero-order valence-electron chi connectivity index (χ0n) is 11.5. The van der Waals surface area contributed by atoms with Crippen molar-refractivity contribution in [3.05, 3.63) is 17.0 Å². The van der Waals surface area contributed by atoms with E-state index in [1.54, 1.807) is 0 Å². The van der Waals surface area contributed by atoms with Crippen LogP contribution in [-0.4, -0.2) is 38.2 Å². The molecule has 6 nitrogen and oxygen atoms in total. The van der Waals surface area contributed by atoms with E-state index >= 15 is 0 Å². The lowest BCUT2D eigenvalue weighted by Gasteiger charge is -2.17. The third-order valence-corrected chi connectivity index (χ3v) is 6.49. The lowest BCUT2D eigenvalue weighted by Crippen LogP contribution is -2.28. The molecule has 0 aromatic rings. The van der Waals surface area contributed by atoms with Gasteiger partial charge < -0.3 is 5.53 Å². The third-order valence-electron chi connectivity index (χ3n) is 3.39. The fourth-order valence-electron chi connectivity index (χ4n) is 2.24. The maximum absolute atomic E-state index is 12.1. The van der Waals surface area contributed by atoms with Crippen LogP contribution in [0.3, 0.4) is 0 Å². The van der Waals surface area contributed by atoms with E-state index in [1.165, 1.54) is 6.92 Å². The Bertz CT molecular complexity index is 608. The summed E-state index contributed by atoms with van der Waals surface area (Å²) >= 11 is 0. The summed E-state index contributed by atoms with van der Waals surface area (Å²) in [7, 11) is -7.10. The Morgan fingerprint density at radius 1 is 1.20 bits per heavy atom. The third kappa shape index (κ3) is 4.85. The van der Waals surface area contributed by atoms with E-state index in [0.717, 1.165) is 30.7 Å². The van der Waals surface area contributed by atoms with Gasteiger partial charge in [-0.1, -0.05) is 32.3 Å². The first-order valence-electron chi connectivity index (χ1n) is 6.66. The molecule has 0 aromatic carbocycles. The Morgan fingerprint density at radius 2 is 1.80 bits per heavy atom. The zero-order chi connectivity index (χ0) is 15.2. The van der Waals surface area contributed by atoms with Crippen molar-refractivity contribution in [2.75, 3.05) is 11.5 Å². The summed E-state index contributed by atoms with van der Waals surface area (Å²) in [5.41, 5.74) is 8.99. The van der Waals surface area contributed by atoms with Crippen LogP contribution in [0.2, 0.25) is 0 Å². The van der Waals surface area contributed by atoms with E-state index < -0.39 is 25.4 Å². The van der Waals surface area contributed by atoms with E-state index in [-0.39, 0.29) is 16.7 Å². The van der Waals surface area contributed by atoms with Crippen molar-refractivity contribution in [1.29, 1.82) is 0 Å². The number of rotatable bonds is 5. The summed E-state index contributed by atoms with van der Waals surface area (Å²) in [6.45, 7) is 1.48. The first kappa shape index (κ1) is 17.1. The van der Waals surface area contributed by atoms with E-state index in [9.17, 15) is 16.8 Å². The highest BCUT2D eigenvalue weighted by Gasteiger charge is 2.36. The normalized spacial score (nSPS) is 18.1. The molecule has 0 atom stereocenters. The molecule has 1 rings (SSSR count). The lowest BCUT2D eigenvalue weighted by atomic mass is 9.90. The van der Waals surface area contributed by atoms with E-state index in [2.05, 4.69) is 4.79 Å². The molecule has 0 radical (unpaired) electrons. The smallest absolute Gasteiger partial charge is 0.360 e. The standard InChI is InChI=1S/C12H20N2O4S2/c1-2-19(15,16)9-6-10-20(17,18)12(14-13)11-7-4-3-5-8-11/h6,9,11H,2-5,7-8,10H2,1H3. The summed E-state index contributed by atoms with van der Waals surface area (Å²) in [6, 6.07) is 0. The van der Waals surface area contributed by atoms with Gasteiger partial charge in [-0.2, -0.15) is 4.79 Å². The van der Waals surface area contributed by atoms with Crippen LogP contribution in [0.1, 0.15) is 39.0 Å². The van der Waals surface area contributed by atoms with Gasteiger partial charge in [0.25, 0.3) is 9.84 Å². The molecule has 0 amide bonds. The second-order valence-corrected chi connectivity index (χ2v) is 9.03. The van der Waals surface area contributed by atoms with Gasteiger partial charge >= 0.3 is 5.04 Å². The predicted octanol–water partition coefficient (Wildman–Crippen LogP) is 1.56. The molecule has 0 aromatic heterocycles. The lowest BCUT2D eigenvalue weighted by molar-refractivity contribution is -0.00901. The minimum Gasteiger partial charge on any atom is -0.360 e. The van der Waals surface area contributed by atoms with Crippen LogP contribution in [0.4, 0.5) is 0 Å². The van der Waals surface area contributed by atoms with Crippen molar-refractivity contribution in [3.63, 3.8) is 0 Å². The van der Waals surface area contributed by atoms with Crippen LogP contribution >= 0.6 is 0 Å². The molecule has 114 valence electrons. The molecule has 1 aliphatic rings. The fraction of sp³-hybridized carbons (Fsp3) is 0.750. The molecule has 0 aliphatic heterocycles. The van der Waals surface area contributed by atoms with Gasteiger partial charge in [0.2, 0.25) is 0 Å². The molecule has 0 N–H and O–H groups in total. The van der Waals surface area contributed by atoms with Gasteiger partial charge in [-0.25, -0.2) is 16.8 Å². The monoisotopic (exact) mass is 320 g/mol. The van der Waals surface area contributed by atoms with Gasteiger partial charge in [-0.15, -0.1) is 0 Å². The second-order valence-electron chi connectivity index (χ2n) is 4.88. The van der Waals surface area contributed by atoms with Crippen molar-refractivity contribution >= 4 is 24.7 Å². The molecule has 0 bridgehead atoms. The van der Waals surface area contributed by atoms with Crippen LogP contribution in [0, 0.1) is 5.92 Å². The summed E-state index contributed by atoms with van der Waals surface area (Å²) < 4.78 is 46.7. The van der Waals surface area contributed by atoms with Crippen molar-refractivity contribution in [3.8, 4) is 0 Å². The fourth-order valence-corrected chi connectivity index (χ4v) is 4.33. The van der Waals surface area contributed by atoms with Gasteiger partial charge in [0.15, 0.2) is 9.84 Å². The Balaban J connectivity index is 2.84. The van der Waals surface area contributed by atoms with Crippen molar-refractivity contribution < 1.29 is 21.6 Å². The average molecular weight is 320 g/mol. The molecular formula is C12H20N2O4S2. The highest BCUT2D eigenvalue weighted by atomic mass is 32.2. The molecule has 1 fully saturated rings. The molecule has 0 heterocycles. The average Bonchev–Trinajstić information content (AvgIpc) is 2.40. The van der Waals surface area contributed by atoms with Crippen molar-refractivity contribution in [1.82, 2.24) is 0 Å². The van der Waals surface area contributed by atoms with Gasteiger partial charge in [0.1, 0.15) is 0 Å². The first-order valence-corrected chi connectivity index (χ1v) is 10.0. The quantitative estimate of drug-likeness (QED) is 0.332. The molecule has 0 saturated heterocycles. The Morgan fingerprint density at radius 3 is 2.30 bits per heavy atom. The molecule has 1 saturated carbocycles. The van der Waals surface area contributed by atoms with Crippen LogP contribution in [-0.2, 0) is 19.7 Å². The Kier molecular flexibility index (Phi) is 6.10. The minimum atomic E-state index is -3.75. The first-order chi connectivity index (χ1) is 9.32. The number of hydrogen-bond acceptors (Lipinski definition) is 4. The summed E-state index contributed by atoms with van der Waals surface area (Å²) in [5.74, 6) is -0.787. The molecule has 1 aliphatic carbocycles. The molecule has 0 unspecified atom stereocenters. The predicted molar refractivity (Wildman–Crippen MR) is 77.6 cm³/mol. The number of sulfone groups is 2. The topological polar surface area (TPSA) is 105 Å². The largest absolute Gasteiger partial charge is 0.384 e. The number of nitrogens with zero attached hydrogens (tertiary/aromatic N) is 2. The van der Waals surface area contributed by atoms with Crippen LogP contribution in [0.25, 0.3) is 5.53 Å². The molecule has 0 spiro atoms. The van der Waals surface area contributed by atoms with Crippen LogP contribution < -0.4 is 0 Å². The van der Waals surface area contributed by atoms with Gasteiger partial charge in [-0.3, -0.25) is 0 Å². The van der Waals surface area contributed by atoms with Gasteiger partial charge in [0.05, 0.1) is 17.4 Å². The molecule has 20 heavy (non-hydrogen) atoms. The van der Waals surface area contributed by atoms with E-state index in [4.69, 9.17) is 5.53 Å². The van der Waals surface area contributed by atoms with Crippen molar-refractivity contribution in [2.24, 2.45) is 5.92 Å². The second kappa shape index (κ2) is 7.15. The van der Waals surface area contributed by atoms with Crippen molar-refractivity contribution in [2.45, 2.75) is 39.0 Å².